The first kappa shape index (κ1) is 12.4. The Hall–Kier alpha value is -0.0800. The standard InChI is InChI=1S/C14H27NO/c1-11-4-3-5-12(2)14(11)15-8-6-13-7-9-16-10-13/h11-15H,3-10H2,1-2H3. The summed E-state index contributed by atoms with van der Waals surface area (Å²) in [5.41, 5.74) is 0. The molecule has 2 rings (SSSR count). The predicted octanol–water partition coefficient (Wildman–Crippen LogP) is 2.83. The van der Waals surface area contributed by atoms with Gasteiger partial charge in [0.1, 0.15) is 0 Å². The number of rotatable bonds is 4. The first-order chi connectivity index (χ1) is 7.77. The lowest BCUT2D eigenvalue weighted by atomic mass is 9.78. The van der Waals surface area contributed by atoms with E-state index in [9.17, 15) is 0 Å². The van der Waals surface area contributed by atoms with Crippen molar-refractivity contribution in [2.75, 3.05) is 19.8 Å². The summed E-state index contributed by atoms with van der Waals surface area (Å²) >= 11 is 0. The van der Waals surface area contributed by atoms with Crippen LogP contribution in [-0.4, -0.2) is 25.8 Å². The van der Waals surface area contributed by atoms with Crippen LogP contribution in [0.4, 0.5) is 0 Å². The van der Waals surface area contributed by atoms with Crippen molar-refractivity contribution in [3.8, 4) is 0 Å². The van der Waals surface area contributed by atoms with Gasteiger partial charge in [-0.2, -0.15) is 0 Å². The lowest BCUT2D eigenvalue weighted by molar-refractivity contribution is 0.179. The molecule has 2 fully saturated rings. The van der Waals surface area contributed by atoms with E-state index in [4.69, 9.17) is 4.74 Å². The molecular weight excluding hydrogens is 198 g/mol. The molecule has 2 heteroatoms. The minimum absolute atomic E-state index is 0.760. The van der Waals surface area contributed by atoms with Gasteiger partial charge in [0, 0.05) is 19.3 Å². The third kappa shape index (κ3) is 3.21. The van der Waals surface area contributed by atoms with Crippen LogP contribution in [0.3, 0.4) is 0 Å². The summed E-state index contributed by atoms with van der Waals surface area (Å²) in [6, 6.07) is 0.760. The summed E-state index contributed by atoms with van der Waals surface area (Å²) in [5, 5.41) is 3.79. The van der Waals surface area contributed by atoms with E-state index in [2.05, 4.69) is 19.2 Å². The summed E-state index contributed by atoms with van der Waals surface area (Å²) in [4.78, 5) is 0. The Morgan fingerprint density at radius 2 is 1.88 bits per heavy atom. The van der Waals surface area contributed by atoms with Crippen molar-refractivity contribution >= 4 is 0 Å². The van der Waals surface area contributed by atoms with E-state index >= 15 is 0 Å². The maximum Gasteiger partial charge on any atom is 0.0495 e. The minimum Gasteiger partial charge on any atom is -0.381 e. The second kappa shape index (κ2) is 6.02. The summed E-state index contributed by atoms with van der Waals surface area (Å²) in [6.45, 7) is 7.99. The van der Waals surface area contributed by atoms with Gasteiger partial charge in [0.2, 0.25) is 0 Å². The van der Waals surface area contributed by atoms with Crippen LogP contribution in [0.25, 0.3) is 0 Å². The molecule has 1 saturated carbocycles. The highest BCUT2D eigenvalue weighted by Gasteiger charge is 2.27. The first-order valence-electron chi connectivity index (χ1n) is 7.08. The van der Waals surface area contributed by atoms with Gasteiger partial charge in [0.15, 0.2) is 0 Å². The minimum atomic E-state index is 0.760. The summed E-state index contributed by atoms with van der Waals surface area (Å²) < 4.78 is 5.41. The molecule has 3 atom stereocenters. The van der Waals surface area contributed by atoms with Gasteiger partial charge in [-0.1, -0.05) is 20.3 Å². The zero-order chi connectivity index (χ0) is 11.4. The van der Waals surface area contributed by atoms with E-state index in [1.807, 2.05) is 0 Å². The van der Waals surface area contributed by atoms with Crippen molar-refractivity contribution < 1.29 is 4.74 Å². The fourth-order valence-corrected chi connectivity index (χ4v) is 3.35. The first-order valence-corrected chi connectivity index (χ1v) is 7.08. The Morgan fingerprint density at radius 3 is 2.50 bits per heavy atom. The van der Waals surface area contributed by atoms with Gasteiger partial charge in [-0.25, -0.2) is 0 Å². The smallest absolute Gasteiger partial charge is 0.0495 e. The third-order valence-electron chi connectivity index (χ3n) is 4.50. The molecule has 0 spiro atoms. The van der Waals surface area contributed by atoms with Crippen molar-refractivity contribution in [2.45, 2.75) is 52.0 Å². The molecule has 2 aliphatic rings. The summed E-state index contributed by atoms with van der Waals surface area (Å²) in [5.74, 6) is 2.55. The Balaban J connectivity index is 1.67. The van der Waals surface area contributed by atoms with E-state index in [1.165, 1.54) is 38.6 Å². The van der Waals surface area contributed by atoms with E-state index in [0.717, 1.165) is 37.0 Å². The largest absolute Gasteiger partial charge is 0.381 e. The van der Waals surface area contributed by atoms with Gasteiger partial charge in [-0.15, -0.1) is 0 Å². The van der Waals surface area contributed by atoms with E-state index in [1.54, 1.807) is 0 Å². The SMILES string of the molecule is CC1CCCC(C)C1NCCC1CCOC1. The molecule has 3 unspecified atom stereocenters. The van der Waals surface area contributed by atoms with Crippen molar-refractivity contribution in [1.82, 2.24) is 5.32 Å². The fraction of sp³-hybridized carbons (Fsp3) is 1.00. The molecule has 1 saturated heterocycles. The third-order valence-corrected chi connectivity index (χ3v) is 4.50. The number of nitrogens with one attached hydrogen (secondary N) is 1. The highest BCUT2D eigenvalue weighted by molar-refractivity contribution is 4.83. The highest BCUT2D eigenvalue weighted by atomic mass is 16.5. The van der Waals surface area contributed by atoms with Gasteiger partial charge in [-0.05, 0) is 50.0 Å². The molecule has 0 amide bonds. The number of hydrogen-bond donors (Lipinski definition) is 1. The normalized spacial score (nSPS) is 40.1. The van der Waals surface area contributed by atoms with Crippen molar-refractivity contribution in [3.05, 3.63) is 0 Å². The molecule has 0 radical (unpaired) electrons. The van der Waals surface area contributed by atoms with Crippen LogP contribution in [-0.2, 0) is 4.74 Å². The summed E-state index contributed by atoms with van der Waals surface area (Å²) in [6.07, 6.45) is 6.83. The van der Waals surface area contributed by atoms with Crippen LogP contribution in [0.15, 0.2) is 0 Å². The molecule has 94 valence electrons. The molecule has 1 heterocycles. The molecule has 2 nitrogen and oxygen atoms in total. The topological polar surface area (TPSA) is 21.3 Å². The second-order valence-electron chi connectivity index (χ2n) is 5.88. The average Bonchev–Trinajstić information content (AvgIpc) is 2.75. The quantitative estimate of drug-likeness (QED) is 0.794. The zero-order valence-electron chi connectivity index (χ0n) is 10.9. The second-order valence-corrected chi connectivity index (χ2v) is 5.88. The maximum absolute atomic E-state index is 5.41. The monoisotopic (exact) mass is 225 g/mol. The van der Waals surface area contributed by atoms with E-state index < -0.39 is 0 Å². The Labute approximate surface area is 100 Å². The number of ether oxygens (including phenoxy) is 1. The molecule has 1 N–H and O–H groups in total. The van der Waals surface area contributed by atoms with Gasteiger partial charge in [0.25, 0.3) is 0 Å². The van der Waals surface area contributed by atoms with Crippen LogP contribution in [0.2, 0.25) is 0 Å². The molecule has 0 aromatic carbocycles. The Bertz CT molecular complexity index is 191. The molecular formula is C14H27NO. The Morgan fingerprint density at radius 1 is 1.12 bits per heavy atom. The number of hydrogen-bond acceptors (Lipinski definition) is 2. The van der Waals surface area contributed by atoms with Crippen LogP contribution >= 0.6 is 0 Å². The van der Waals surface area contributed by atoms with Crippen LogP contribution in [0.5, 0.6) is 0 Å². The van der Waals surface area contributed by atoms with Gasteiger partial charge >= 0.3 is 0 Å². The van der Waals surface area contributed by atoms with Crippen LogP contribution in [0.1, 0.15) is 46.0 Å². The predicted molar refractivity (Wildman–Crippen MR) is 67.5 cm³/mol. The van der Waals surface area contributed by atoms with E-state index in [0.29, 0.717) is 0 Å². The van der Waals surface area contributed by atoms with Gasteiger partial charge in [0.05, 0.1) is 0 Å². The van der Waals surface area contributed by atoms with Crippen molar-refractivity contribution in [1.29, 1.82) is 0 Å². The van der Waals surface area contributed by atoms with Gasteiger partial charge in [-0.3, -0.25) is 0 Å². The molecule has 0 aromatic rings. The maximum atomic E-state index is 5.41. The summed E-state index contributed by atoms with van der Waals surface area (Å²) in [7, 11) is 0. The lowest BCUT2D eigenvalue weighted by Crippen LogP contribution is -2.43. The zero-order valence-corrected chi connectivity index (χ0v) is 10.9. The van der Waals surface area contributed by atoms with Crippen molar-refractivity contribution in [2.24, 2.45) is 17.8 Å². The lowest BCUT2D eigenvalue weighted by Gasteiger charge is -2.35. The molecule has 1 aliphatic carbocycles. The van der Waals surface area contributed by atoms with Gasteiger partial charge < -0.3 is 10.1 Å². The molecule has 16 heavy (non-hydrogen) atoms. The molecule has 0 aromatic heterocycles. The molecule has 0 bridgehead atoms. The fourth-order valence-electron chi connectivity index (χ4n) is 3.35. The van der Waals surface area contributed by atoms with Crippen LogP contribution < -0.4 is 5.32 Å². The molecule has 1 aliphatic heterocycles. The highest BCUT2D eigenvalue weighted by Crippen LogP contribution is 2.28. The van der Waals surface area contributed by atoms with E-state index in [-0.39, 0.29) is 0 Å². The van der Waals surface area contributed by atoms with Crippen LogP contribution in [0, 0.1) is 17.8 Å². The van der Waals surface area contributed by atoms with Crippen molar-refractivity contribution in [3.63, 3.8) is 0 Å². The average molecular weight is 225 g/mol. The Kier molecular flexibility index (Phi) is 4.66.